The molecule has 1 aliphatic carbocycles. The van der Waals surface area contributed by atoms with Crippen LogP contribution in [0.5, 0.6) is 0 Å². The van der Waals surface area contributed by atoms with Crippen LogP contribution >= 0.6 is 0 Å². The van der Waals surface area contributed by atoms with E-state index in [9.17, 15) is 4.39 Å². The van der Waals surface area contributed by atoms with Crippen molar-refractivity contribution >= 4 is 0 Å². The van der Waals surface area contributed by atoms with Crippen LogP contribution in [0.25, 0.3) is 0 Å². The predicted octanol–water partition coefficient (Wildman–Crippen LogP) is 1.98. The monoisotopic (exact) mass is 237 g/mol. The summed E-state index contributed by atoms with van der Waals surface area (Å²) in [5.74, 6) is 0.108. The minimum atomic E-state index is -0.411. The van der Waals surface area contributed by atoms with Gasteiger partial charge in [0.15, 0.2) is 0 Å². The summed E-state index contributed by atoms with van der Waals surface area (Å²) in [5.41, 5.74) is 3.32. The number of hydroxylamine groups is 1. The van der Waals surface area contributed by atoms with Crippen LogP contribution in [-0.2, 0) is 15.1 Å². The summed E-state index contributed by atoms with van der Waals surface area (Å²) < 4.78 is 19.4. The first-order chi connectivity index (χ1) is 8.26. The highest BCUT2D eigenvalue weighted by molar-refractivity contribution is 5.30. The van der Waals surface area contributed by atoms with Gasteiger partial charge in [-0.3, -0.25) is 0 Å². The van der Waals surface area contributed by atoms with Gasteiger partial charge in [-0.05, 0) is 18.9 Å². The normalized spacial score (nSPS) is 36.1. The number of halogens is 1. The first kappa shape index (κ1) is 11.1. The Balaban J connectivity index is 2.02. The van der Waals surface area contributed by atoms with Gasteiger partial charge in [0, 0.05) is 18.6 Å². The first-order valence-corrected chi connectivity index (χ1v) is 5.93. The van der Waals surface area contributed by atoms with Crippen molar-refractivity contribution in [2.24, 2.45) is 5.92 Å². The maximum Gasteiger partial charge on any atom is 0.128 e. The molecule has 0 aromatic heterocycles. The van der Waals surface area contributed by atoms with E-state index in [0.29, 0.717) is 12.2 Å². The predicted molar refractivity (Wildman–Crippen MR) is 60.7 cm³/mol. The molecule has 2 aliphatic rings. The molecule has 1 N–H and O–H groups in total. The molecule has 1 aromatic carbocycles. The molecule has 2 fully saturated rings. The van der Waals surface area contributed by atoms with Crippen LogP contribution in [0.4, 0.5) is 4.39 Å². The van der Waals surface area contributed by atoms with E-state index in [2.05, 4.69) is 5.48 Å². The lowest BCUT2D eigenvalue weighted by Crippen LogP contribution is -2.39. The lowest BCUT2D eigenvalue weighted by atomic mass is 9.82. The van der Waals surface area contributed by atoms with E-state index >= 15 is 0 Å². The summed E-state index contributed by atoms with van der Waals surface area (Å²) in [6, 6.07) is 6.91. The van der Waals surface area contributed by atoms with E-state index in [4.69, 9.17) is 9.57 Å². The molecule has 1 heterocycles. The van der Waals surface area contributed by atoms with Crippen LogP contribution < -0.4 is 5.48 Å². The van der Waals surface area contributed by atoms with E-state index in [1.807, 2.05) is 12.1 Å². The van der Waals surface area contributed by atoms with Crippen molar-refractivity contribution < 1.29 is 14.0 Å². The Labute approximate surface area is 99.9 Å². The highest BCUT2D eigenvalue weighted by atomic mass is 19.1. The fourth-order valence-electron chi connectivity index (χ4n) is 3.12. The average Bonchev–Trinajstić information content (AvgIpc) is 2.86. The average molecular weight is 237 g/mol. The number of nitrogens with one attached hydrogen (secondary N) is 1. The van der Waals surface area contributed by atoms with Gasteiger partial charge in [0.1, 0.15) is 5.82 Å². The second-order valence-electron chi connectivity index (χ2n) is 4.86. The number of methoxy groups -OCH3 is 1. The van der Waals surface area contributed by atoms with Crippen molar-refractivity contribution in [2.45, 2.75) is 24.5 Å². The molecule has 1 aliphatic heterocycles. The van der Waals surface area contributed by atoms with Crippen LogP contribution in [0.2, 0.25) is 0 Å². The molecule has 4 heteroatoms. The Kier molecular flexibility index (Phi) is 2.65. The Hall–Kier alpha value is -0.970. The molecule has 92 valence electrons. The molecule has 17 heavy (non-hydrogen) atoms. The zero-order valence-corrected chi connectivity index (χ0v) is 9.78. The van der Waals surface area contributed by atoms with Crippen molar-refractivity contribution in [3.63, 3.8) is 0 Å². The quantitative estimate of drug-likeness (QED) is 0.853. The maximum absolute atomic E-state index is 14.0. The molecule has 1 saturated heterocycles. The van der Waals surface area contributed by atoms with Crippen LogP contribution in [0.15, 0.2) is 24.3 Å². The van der Waals surface area contributed by atoms with Crippen molar-refractivity contribution in [3.8, 4) is 0 Å². The molecule has 3 atom stereocenters. The lowest BCUT2D eigenvalue weighted by molar-refractivity contribution is 0.0271. The van der Waals surface area contributed by atoms with Crippen LogP contribution in [0.1, 0.15) is 18.4 Å². The number of hydrogen-bond donors (Lipinski definition) is 1. The largest absolute Gasteiger partial charge is 0.381 e. The van der Waals surface area contributed by atoms with Gasteiger partial charge in [-0.2, -0.15) is 5.48 Å². The fourth-order valence-corrected chi connectivity index (χ4v) is 3.12. The molecule has 1 saturated carbocycles. The van der Waals surface area contributed by atoms with Gasteiger partial charge >= 0.3 is 0 Å². The van der Waals surface area contributed by atoms with Crippen molar-refractivity contribution in [1.82, 2.24) is 5.48 Å². The summed E-state index contributed by atoms with van der Waals surface area (Å²) in [5, 5.41) is 0. The SMILES string of the molecule is CO[C@@H]1CC2CON[C@@]2(c2ccccc2F)C1. The second kappa shape index (κ2) is 4.05. The molecule has 3 nitrogen and oxygen atoms in total. The van der Waals surface area contributed by atoms with Gasteiger partial charge in [0.25, 0.3) is 0 Å². The number of fused-ring (bicyclic) bond motifs is 1. The molecular formula is C13H16FNO2. The van der Waals surface area contributed by atoms with Crippen molar-refractivity contribution in [3.05, 3.63) is 35.6 Å². The molecule has 3 rings (SSSR count). The summed E-state index contributed by atoms with van der Waals surface area (Å²) in [4.78, 5) is 5.34. The standard InChI is InChI=1S/C13H16FNO2/c1-16-10-6-9-8-17-15-13(9,7-10)11-4-2-3-5-12(11)14/h2-5,9-10,15H,6-8H2,1H3/t9?,10-,13+/m1/s1. The Morgan fingerprint density at radius 1 is 1.47 bits per heavy atom. The van der Waals surface area contributed by atoms with Crippen LogP contribution in [-0.4, -0.2) is 19.8 Å². The topological polar surface area (TPSA) is 30.5 Å². The third kappa shape index (κ3) is 1.59. The van der Waals surface area contributed by atoms with E-state index in [1.165, 1.54) is 6.07 Å². The van der Waals surface area contributed by atoms with E-state index in [1.54, 1.807) is 13.2 Å². The van der Waals surface area contributed by atoms with Gasteiger partial charge in [0.2, 0.25) is 0 Å². The molecule has 1 aromatic rings. The van der Waals surface area contributed by atoms with E-state index in [-0.39, 0.29) is 17.8 Å². The Bertz CT molecular complexity index is 426. The van der Waals surface area contributed by atoms with Crippen LogP contribution in [0.3, 0.4) is 0 Å². The summed E-state index contributed by atoms with van der Waals surface area (Å²) in [6.45, 7) is 0.619. The Morgan fingerprint density at radius 2 is 2.29 bits per heavy atom. The maximum atomic E-state index is 14.0. The van der Waals surface area contributed by atoms with E-state index < -0.39 is 5.54 Å². The van der Waals surface area contributed by atoms with Gasteiger partial charge in [-0.15, -0.1) is 0 Å². The zero-order valence-electron chi connectivity index (χ0n) is 9.78. The van der Waals surface area contributed by atoms with Gasteiger partial charge < -0.3 is 9.57 Å². The number of benzene rings is 1. The molecular weight excluding hydrogens is 221 g/mol. The van der Waals surface area contributed by atoms with E-state index in [0.717, 1.165) is 12.8 Å². The molecule has 1 unspecified atom stereocenters. The minimum Gasteiger partial charge on any atom is -0.381 e. The summed E-state index contributed by atoms with van der Waals surface area (Å²) >= 11 is 0. The van der Waals surface area contributed by atoms with Crippen molar-refractivity contribution in [2.75, 3.05) is 13.7 Å². The lowest BCUT2D eigenvalue weighted by Gasteiger charge is -2.28. The van der Waals surface area contributed by atoms with Crippen LogP contribution in [0, 0.1) is 11.7 Å². The highest BCUT2D eigenvalue weighted by Crippen LogP contribution is 2.48. The third-order valence-electron chi connectivity index (χ3n) is 4.02. The minimum absolute atomic E-state index is 0.174. The second-order valence-corrected chi connectivity index (χ2v) is 4.86. The fraction of sp³-hybridized carbons (Fsp3) is 0.538. The Morgan fingerprint density at radius 3 is 3.06 bits per heavy atom. The van der Waals surface area contributed by atoms with Gasteiger partial charge in [0.05, 0.1) is 18.2 Å². The number of ether oxygens (including phenoxy) is 1. The highest BCUT2D eigenvalue weighted by Gasteiger charge is 2.53. The van der Waals surface area contributed by atoms with Gasteiger partial charge in [-0.25, -0.2) is 4.39 Å². The zero-order chi connectivity index (χ0) is 11.9. The summed E-state index contributed by atoms with van der Waals surface area (Å²) in [7, 11) is 1.71. The smallest absolute Gasteiger partial charge is 0.128 e. The molecule has 0 bridgehead atoms. The first-order valence-electron chi connectivity index (χ1n) is 5.93. The summed E-state index contributed by atoms with van der Waals surface area (Å²) in [6.07, 6.45) is 1.85. The van der Waals surface area contributed by atoms with Crippen molar-refractivity contribution in [1.29, 1.82) is 0 Å². The molecule has 0 radical (unpaired) electrons. The third-order valence-corrected chi connectivity index (χ3v) is 4.02. The number of rotatable bonds is 2. The van der Waals surface area contributed by atoms with Gasteiger partial charge in [-0.1, -0.05) is 18.2 Å². The molecule has 0 spiro atoms. The number of hydrogen-bond acceptors (Lipinski definition) is 3. The molecule has 0 amide bonds.